The minimum atomic E-state index is -2.30. The number of hydrogen-bond donors (Lipinski definition) is 0. The van der Waals surface area contributed by atoms with E-state index in [1.165, 1.54) is 0 Å². The van der Waals surface area contributed by atoms with Crippen LogP contribution in [0.15, 0.2) is 0 Å². The Bertz CT molecular complexity index is 387. The number of nitrogens with zero attached hydrogens (tertiary/aromatic N) is 1. The predicted molar refractivity (Wildman–Crippen MR) is 63.4 cm³/mol. The van der Waals surface area contributed by atoms with Gasteiger partial charge >= 0.3 is 5.97 Å². The van der Waals surface area contributed by atoms with E-state index in [4.69, 9.17) is 0 Å². The van der Waals surface area contributed by atoms with E-state index in [0.29, 0.717) is 23.7 Å². The zero-order valence-corrected chi connectivity index (χ0v) is 11.1. The van der Waals surface area contributed by atoms with Crippen molar-refractivity contribution < 1.29 is 23.5 Å². The van der Waals surface area contributed by atoms with Crippen molar-refractivity contribution >= 4 is 17.8 Å². The van der Waals surface area contributed by atoms with Gasteiger partial charge in [0, 0.05) is 0 Å². The van der Waals surface area contributed by atoms with Gasteiger partial charge in [-0.15, -0.1) is 0 Å². The van der Waals surface area contributed by atoms with Crippen molar-refractivity contribution in [3.05, 3.63) is 0 Å². The Hall–Kier alpha value is -1.46. The van der Waals surface area contributed by atoms with Crippen molar-refractivity contribution in [1.82, 2.24) is 4.90 Å². The smallest absolute Gasteiger partial charge is 0.362 e. The Morgan fingerprint density at radius 2 is 1.84 bits per heavy atom. The standard InChI is InChI=1S/C13H18FNO4/c1-3-7-5-8-9(6-7)12(17)15(11(8)16)10(14)13(18)19-4-2/h7-10H,3-6H2,1-2H3. The number of esters is 1. The molecule has 1 heterocycles. The maximum atomic E-state index is 13.9. The molecule has 3 unspecified atom stereocenters. The summed E-state index contributed by atoms with van der Waals surface area (Å²) in [7, 11) is 0. The molecule has 0 radical (unpaired) electrons. The third-order valence-corrected chi connectivity index (χ3v) is 4.05. The van der Waals surface area contributed by atoms with E-state index in [9.17, 15) is 18.8 Å². The first-order valence-electron chi connectivity index (χ1n) is 6.68. The highest BCUT2D eigenvalue weighted by Crippen LogP contribution is 2.44. The lowest BCUT2D eigenvalue weighted by Crippen LogP contribution is -2.44. The second-order valence-electron chi connectivity index (χ2n) is 5.09. The number of likely N-dealkylation sites (tertiary alicyclic amines) is 1. The molecule has 0 aromatic carbocycles. The van der Waals surface area contributed by atoms with E-state index in [0.717, 1.165) is 6.42 Å². The van der Waals surface area contributed by atoms with Crippen LogP contribution in [-0.2, 0) is 19.1 Å². The van der Waals surface area contributed by atoms with E-state index in [1.54, 1.807) is 6.92 Å². The van der Waals surface area contributed by atoms with Crippen LogP contribution in [0.25, 0.3) is 0 Å². The van der Waals surface area contributed by atoms with Crippen LogP contribution in [0.2, 0.25) is 0 Å². The second kappa shape index (κ2) is 5.27. The van der Waals surface area contributed by atoms with Crippen LogP contribution in [0.5, 0.6) is 0 Å². The summed E-state index contributed by atoms with van der Waals surface area (Å²) < 4.78 is 18.4. The van der Waals surface area contributed by atoms with E-state index >= 15 is 0 Å². The van der Waals surface area contributed by atoms with E-state index < -0.39 is 35.9 Å². The first-order chi connectivity index (χ1) is 9.01. The summed E-state index contributed by atoms with van der Waals surface area (Å²) in [5, 5.41) is 0. The summed E-state index contributed by atoms with van der Waals surface area (Å²) in [4.78, 5) is 35.9. The van der Waals surface area contributed by atoms with Gasteiger partial charge in [-0.05, 0) is 25.7 Å². The number of fused-ring (bicyclic) bond motifs is 1. The Kier molecular flexibility index (Phi) is 3.87. The summed E-state index contributed by atoms with van der Waals surface area (Å²) in [6, 6.07) is 0. The zero-order chi connectivity index (χ0) is 14.2. The number of carbonyl (C=O) groups excluding carboxylic acids is 3. The molecule has 1 aliphatic heterocycles. The van der Waals surface area contributed by atoms with Gasteiger partial charge in [-0.3, -0.25) is 9.59 Å². The Balaban J connectivity index is 2.12. The molecule has 0 aromatic heterocycles. The molecule has 1 saturated heterocycles. The molecule has 0 aromatic rings. The number of halogens is 1. The number of ether oxygens (including phenoxy) is 1. The van der Waals surface area contributed by atoms with Crippen molar-refractivity contribution in [2.75, 3.05) is 6.61 Å². The first-order valence-corrected chi connectivity index (χ1v) is 6.68. The fourth-order valence-electron chi connectivity index (χ4n) is 3.03. The molecule has 1 aliphatic carbocycles. The van der Waals surface area contributed by atoms with Gasteiger partial charge in [0.25, 0.3) is 6.30 Å². The molecule has 0 N–H and O–H groups in total. The molecule has 19 heavy (non-hydrogen) atoms. The van der Waals surface area contributed by atoms with E-state index in [-0.39, 0.29) is 6.61 Å². The Morgan fingerprint density at radius 3 is 2.26 bits per heavy atom. The third-order valence-electron chi connectivity index (χ3n) is 4.05. The van der Waals surface area contributed by atoms with Crippen molar-refractivity contribution in [3.8, 4) is 0 Å². The Labute approximate surface area is 111 Å². The van der Waals surface area contributed by atoms with Gasteiger partial charge in [-0.2, -0.15) is 0 Å². The van der Waals surface area contributed by atoms with Crippen LogP contribution in [0.3, 0.4) is 0 Å². The molecule has 2 rings (SSSR count). The van der Waals surface area contributed by atoms with E-state index in [1.807, 2.05) is 6.92 Å². The average molecular weight is 271 g/mol. The fraction of sp³-hybridized carbons (Fsp3) is 0.769. The molecule has 1 saturated carbocycles. The molecular formula is C13H18FNO4. The molecule has 106 valence electrons. The molecular weight excluding hydrogens is 253 g/mol. The molecule has 2 fully saturated rings. The lowest BCUT2D eigenvalue weighted by Gasteiger charge is -2.20. The number of amides is 2. The zero-order valence-electron chi connectivity index (χ0n) is 11.1. The lowest BCUT2D eigenvalue weighted by molar-refractivity contribution is -0.166. The Morgan fingerprint density at radius 1 is 1.32 bits per heavy atom. The summed E-state index contributed by atoms with van der Waals surface area (Å²) in [5.41, 5.74) is 0. The minimum absolute atomic E-state index is 0.0141. The number of hydrogen-bond acceptors (Lipinski definition) is 4. The normalized spacial score (nSPS) is 31.5. The van der Waals surface area contributed by atoms with Gasteiger partial charge in [0.1, 0.15) is 0 Å². The van der Waals surface area contributed by atoms with Gasteiger partial charge < -0.3 is 4.74 Å². The highest BCUT2D eigenvalue weighted by Gasteiger charge is 2.55. The van der Waals surface area contributed by atoms with Gasteiger partial charge in [-0.25, -0.2) is 14.1 Å². The first kappa shape index (κ1) is 14.0. The van der Waals surface area contributed by atoms with Crippen LogP contribution >= 0.6 is 0 Å². The van der Waals surface area contributed by atoms with Crippen molar-refractivity contribution in [1.29, 1.82) is 0 Å². The highest BCUT2D eigenvalue weighted by molar-refractivity contribution is 6.07. The monoisotopic (exact) mass is 271 g/mol. The van der Waals surface area contributed by atoms with Crippen LogP contribution in [0, 0.1) is 17.8 Å². The fourth-order valence-corrected chi connectivity index (χ4v) is 3.03. The summed E-state index contributed by atoms with van der Waals surface area (Å²) in [6.07, 6.45) is -0.175. The van der Waals surface area contributed by atoms with Gasteiger partial charge in [0.05, 0.1) is 18.4 Å². The van der Waals surface area contributed by atoms with Gasteiger partial charge in [-0.1, -0.05) is 13.3 Å². The minimum Gasteiger partial charge on any atom is -0.462 e. The topological polar surface area (TPSA) is 63.7 Å². The molecule has 2 amide bonds. The molecule has 0 spiro atoms. The van der Waals surface area contributed by atoms with Crippen molar-refractivity contribution in [2.24, 2.45) is 17.8 Å². The van der Waals surface area contributed by atoms with Crippen LogP contribution in [-0.4, -0.2) is 35.6 Å². The second-order valence-corrected chi connectivity index (χ2v) is 5.09. The summed E-state index contributed by atoms with van der Waals surface area (Å²) in [6.45, 7) is 3.56. The average Bonchev–Trinajstić information content (AvgIpc) is 2.90. The summed E-state index contributed by atoms with van der Waals surface area (Å²) >= 11 is 0. The highest BCUT2D eigenvalue weighted by atomic mass is 19.1. The SMILES string of the molecule is CCOC(=O)C(F)N1C(=O)C2CC(CC)CC2C1=O. The number of carbonyl (C=O) groups is 3. The van der Waals surface area contributed by atoms with Crippen LogP contribution < -0.4 is 0 Å². The summed E-state index contributed by atoms with van der Waals surface area (Å²) in [5.74, 6) is -2.87. The van der Waals surface area contributed by atoms with Crippen LogP contribution in [0.4, 0.5) is 4.39 Å². The van der Waals surface area contributed by atoms with E-state index in [2.05, 4.69) is 4.74 Å². The number of rotatable bonds is 4. The lowest BCUT2D eigenvalue weighted by atomic mass is 10.00. The molecule has 2 aliphatic rings. The third kappa shape index (κ3) is 2.24. The molecule has 6 heteroatoms. The molecule has 0 bridgehead atoms. The predicted octanol–water partition coefficient (Wildman–Crippen LogP) is 1.27. The number of imide groups is 1. The quantitative estimate of drug-likeness (QED) is 0.439. The van der Waals surface area contributed by atoms with Crippen LogP contribution in [0.1, 0.15) is 33.1 Å². The molecule has 5 nitrogen and oxygen atoms in total. The maximum Gasteiger partial charge on any atom is 0.362 e. The molecule has 3 atom stereocenters. The largest absolute Gasteiger partial charge is 0.462 e. The van der Waals surface area contributed by atoms with Gasteiger partial charge in [0.2, 0.25) is 11.8 Å². The van der Waals surface area contributed by atoms with Crippen molar-refractivity contribution in [3.63, 3.8) is 0 Å². The maximum absolute atomic E-state index is 13.9. The number of alkyl halides is 1. The van der Waals surface area contributed by atoms with Crippen molar-refractivity contribution in [2.45, 2.75) is 39.4 Å². The van der Waals surface area contributed by atoms with Gasteiger partial charge in [0.15, 0.2) is 0 Å².